The van der Waals surface area contributed by atoms with E-state index < -0.39 is 0 Å². The monoisotopic (exact) mass is 312 g/mol. The zero-order valence-electron chi connectivity index (χ0n) is 13.4. The normalized spacial score (nSPS) is 10.9. The predicted molar refractivity (Wildman–Crippen MR) is 95.0 cm³/mol. The van der Waals surface area contributed by atoms with Crippen LogP contribution < -0.4 is 9.80 Å². The molecule has 114 valence electrons. The number of hydrogen-bond acceptors (Lipinski definition) is 5. The lowest BCUT2D eigenvalue weighted by molar-refractivity contribution is 0.900. The van der Waals surface area contributed by atoms with Crippen LogP contribution in [0.5, 0.6) is 0 Å². The van der Waals surface area contributed by atoms with E-state index in [0.717, 1.165) is 22.6 Å². The zero-order valence-corrected chi connectivity index (χ0v) is 14.2. The minimum atomic E-state index is 0.828. The van der Waals surface area contributed by atoms with E-state index in [4.69, 9.17) is 0 Å². The summed E-state index contributed by atoms with van der Waals surface area (Å²) in [6, 6.07) is 10.8. The van der Waals surface area contributed by atoms with Crippen LogP contribution in [0.2, 0.25) is 0 Å². The number of aryl methyl sites for hydroxylation is 1. The van der Waals surface area contributed by atoms with E-state index in [-0.39, 0.29) is 0 Å². The van der Waals surface area contributed by atoms with Crippen molar-refractivity contribution in [3.05, 3.63) is 47.1 Å². The summed E-state index contributed by atoms with van der Waals surface area (Å²) in [5.74, 6) is 0.992. The number of hydrogen-bond donors (Lipinski definition) is 0. The first-order valence-electron chi connectivity index (χ1n) is 7.23. The molecule has 0 aliphatic heterocycles. The minimum absolute atomic E-state index is 0.828. The van der Waals surface area contributed by atoms with Gasteiger partial charge in [0.1, 0.15) is 17.0 Å². The van der Waals surface area contributed by atoms with Crippen molar-refractivity contribution in [2.24, 2.45) is 0 Å². The maximum absolute atomic E-state index is 4.48. The summed E-state index contributed by atoms with van der Waals surface area (Å²) in [6.07, 6.45) is 1.65. The van der Waals surface area contributed by atoms with E-state index in [2.05, 4.69) is 78.2 Å². The summed E-state index contributed by atoms with van der Waals surface area (Å²) in [5, 5.41) is 1.14. The van der Waals surface area contributed by atoms with Gasteiger partial charge in [0.25, 0.3) is 0 Å². The molecule has 0 spiro atoms. The van der Waals surface area contributed by atoms with Gasteiger partial charge in [-0.25, -0.2) is 9.97 Å². The average Bonchev–Trinajstić information content (AvgIpc) is 2.87. The Labute approximate surface area is 135 Å². The molecular weight excluding hydrogens is 292 g/mol. The Bertz CT molecular complexity index is 777. The second-order valence-electron chi connectivity index (χ2n) is 5.69. The molecule has 0 unspecified atom stereocenters. The second kappa shape index (κ2) is 5.93. The van der Waals surface area contributed by atoms with E-state index >= 15 is 0 Å². The highest BCUT2D eigenvalue weighted by atomic mass is 32.1. The topological polar surface area (TPSA) is 32.3 Å². The van der Waals surface area contributed by atoms with Crippen LogP contribution in [0, 0.1) is 6.92 Å². The quantitative estimate of drug-likeness (QED) is 0.735. The first kappa shape index (κ1) is 14.8. The van der Waals surface area contributed by atoms with Gasteiger partial charge in [-0.1, -0.05) is 12.1 Å². The van der Waals surface area contributed by atoms with E-state index in [1.54, 1.807) is 17.7 Å². The van der Waals surface area contributed by atoms with Crippen molar-refractivity contribution in [3.63, 3.8) is 0 Å². The van der Waals surface area contributed by atoms with E-state index in [9.17, 15) is 0 Å². The number of aromatic nitrogens is 2. The summed E-state index contributed by atoms with van der Waals surface area (Å²) in [5.41, 5.74) is 2.48. The van der Waals surface area contributed by atoms with E-state index in [1.807, 2.05) is 0 Å². The van der Waals surface area contributed by atoms with Crippen molar-refractivity contribution < 1.29 is 0 Å². The van der Waals surface area contributed by atoms with Gasteiger partial charge in [-0.05, 0) is 30.7 Å². The number of benzene rings is 1. The summed E-state index contributed by atoms with van der Waals surface area (Å²) in [4.78, 5) is 15.4. The lowest BCUT2D eigenvalue weighted by Crippen LogP contribution is -2.18. The van der Waals surface area contributed by atoms with Crippen molar-refractivity contribution in [2.45, 2.75) is 13.5 Å². The van der Waals surface area contributed by atoms with Crippen molar-refractivity contribution in [1.82, 2.24) is 9.97 Å². The van der Waals surface area contributed by atoms with Crippen LogP contribution in [0.3, 0.4) is 0 Å². The second-order valence-corrected chi connectivity index (χ2v) is 6.92. The highest BCUT2D eigenvalue weighted by Gasteiger charge is 2.11. The van der Waals surface area contributed by atoms with Gasteiger partial charge in [-0.15, -0.1) is 11.3 Å². The number of rotatable bonds is 4. The van der Waals surface area contributed by atoms with Crippen LogP contribution in [0.15, 0.2) is 36.7 Å². The molecule has 3 rings (SSSR count). The molecule has 0 fully saturated rings. The molecule has 4 nitrogen and oxygen atoms in total. The molecule has 0 radical (unpaired) electrons. The van der Waals surface area contributed by atoms with Crippen molar-refractivity contribution >= 4 is 33.1 Å². The molecule has 2 aromatic heterocycles. The van der Waals surface area contributed by atoms with Gasteiger partial charge in [0, 0.05) is 38.3 Å². The smallest absolute Gasteiger partial charge is 0.140 e. The molecule has 1 aromatic carbocycles. The standard InChI is InChI=1S/C17H20N4S/c1-12-9-15-16(18-11-19-17(15)22-12)21(4)10-13-5-7-14(8-6-13)20(2)3/h5-9,11H,10H2,1-4H3. The fourth-order valence-electron chi connectivity index (χ4n) is 2.52. The van der Waals surface area contributed by atoms with Crippen molar-refractivity contribution in [2.75, 3.05) is 30.9 Å². The number of fused-ring (bicyclic) bond motifs is 1. The Balaban J connectivity index is 1.85. The Hall–Kier alpha value is -2.14. The average molecular weight is 312 g/mol. The first-order valence-corrected chi connectivity index (χ1v) is 8.05. The van der Waals surface area contributed by atoms with Crippen LogP contribution in [-0.4, -0.2) is 31.1 Å². The molecule has 3 aromatic rings. The zero-order chi connectivity index (χ0) is 15.7. The van der Waals surface area contributed by atoms with Gasteiger partial charge >= 0.3 is 0 Å². The fraction of sp³-hybridized carbons (Fsp3) is 0.294. The van der Waals surface area contributed by atoms with Crippen molar-refractivity contribution in [3.8, 4) is 0 Å². The van der Waals surface area contributed by atoms with Crippen LogP contribution in [0.25, 0.3) is 10.2 Å². The van der Waals surface area contributed by atoms with Crippen molar-refractivity contribution in [1.29, 1.82) is 0 Å². The maximum Gasteiger partial charge on any atom is 0.140 e. The van der Waals surface area contributed by atoms with Crippen LogP contribution in [0.4, 0.5) is 11.5 Å². The molecule has 0 aliphatic rings. The van der Waals surface area contributed by atoms with Gasteiger partial charge in [0.05, 0.1) is 5.39 Å². The molecule has 22 heavy (non-hydrogen) atoms. The van der Waals surface area contributed by atoms with Crippen LogP contribution in [-0.2, 0) is 6.54 Å². The largest absolute Gasteiger partial charge is 0.378 e. The van der Waals surface area contributed by atoms with Gasteiger partial charge in [-0.2, -0.15) is 0 Å². The van der Waals surface area contributed by atoms with E-state index in [1.165, 1.54) is 16.1 Å². The lowest BCUT2D eigenvalue weighted by Gasteiger charge is -2.19. The molecule has 2 heterocycles. The molecular formula is C17H20N4S. The highest BCUT2D eigenvalue weighted by Crippen LogP contribution is 2.29. The van der Waals surface area contributed by atoms with E-state index in [0.29, 0.717) is 0 Å². The fourth-order valence-corrected chi connectivity index (χ4v) is 3.36. The summed E-state index contributed by atoms with van der Waals surface area (Å²) in [7, 11) is 6.18. The van der Waals surface area contributed by atoms with Crippen LogP contribution >= 0.6 is 11.3 Å². The highest BCUT2D eigenvalue weighted by molar-refractivity contribution is 7.18. The molecule has 0 N–H and O–H groups in total. The van der Waals surface area contributed by atoms with Gasteiger partial charge in [0.2, 0.25) is 0 Å². The third kappa shape index (κ3) is 2.90. The molecule has 0 amide bonds. The number of anilines is 2. The predicted octanol–water partition coefficient (Wildman–Crippen LogP) is 3.70. The van der Waals surface area contributed by atoms with Crippen LogP contribution in [0.1, 0.15) is 10.4 Å². The number of thiophene rings is 1. The summed E-state index contributed by atoms with van der Waals surface area (Å²) >= 11 is 1.71. The molecule has 0 atom stereocenters. The SMILES string of the molecule is Cc1cc2c(N(C)Cc3ccc(N(C)C)cc3)ncnc2s1. The van der Waals surface area contributed by atoms with Gasteiger partial charge in [0.15, 0.2) is 0 Å². The summed E-state index contributed by atoms with van der Waals surface area (Å²) < 4.78 is 0. The molecule has 0 aliphatic carbocycles. The first-order chi connectivity index (χ1) is 10.5. The molecule has 5 heteroatoms. The number of nitrogens with zero attached hydrogens (tertiary/aromatic N) is 4. The Morgan fingerprint density at radius 3 is 2.45 bits per heavy atom. The molecule has 0 saturated heterocycles. The Morgan fingerprint density at radius 1 is 1.05 bits per heavy atom. The molecule has 0 bridgehead atoms. The van der Waals surface area contributed by atoms with Gasteiger partial charge < -0.3 is 9.80 Å². The van der Waals surface area contributed by atoms with Gasteiger partial charge in [-0.3, -0.25) is 0 Å². The maximum atomic E-state index is 4.48. The lowest BCUT2D eigenvalue weighted by atomic mass is 10.2. The summed E-state index contributed by atoms with van der Waals surface area (Å²) in [6.45, 7) is 2.94. The third-order valence-electron chi connectivity index (χ3n) is 3.67. The minimum Gasteiger partial charge on any atom is -0.378 e. The third-order valence-corrected chi connectivity index (χ3v) is 4.62. The Morgan fingerprint density at radius 2 is 1.77 bits per heavy atom. The molecule has 0 saturated carbocycles. The Kier molecular flexibility index (Phi) is 3.98.